The van der Waals surface area contributed by atoms with Crippen molar-refractivity contribution in [1.29, 1.82) is 0 Å². The van der Waals surface area contributed by atoms with Crippen LogP contribution in [0.4, 0.5) is 0 Å². The van der Waals surface area contributed by atoms with Gasteiger partial charge in [-0.05, 0) is 45.3 Å². The number of carbonyl (C=O) groups excluding carboxylic acids is 1. The molecule has 0 bridgehead atoms. The fourth-order valence-corrected chi connectivity index (χ4v) is 3.05. The van der Waals surface area contributed by atoms with E-state index in [1.165, 1.54) is 0 Å². The van der Waals surface area contributed by atoms with Crippen LogP contribution in [0.1, 0.15) is 25.7 Å². The maximum absolute atomic E-state index is 12.2. The monoisotopic (exact) mass is 285 g/mol. The standard InChI is InChI=1S/C13H23N3O4/c17-11(13(19)20)8-15-12(18)10-2-1-7-16(10)9-3-5-14-6-4-9/h9-11,14,17H,1-8H2,(H,15,18)(H,19,20)/t10?,11-/m0/s1. The highest BCUT2D eigenvalue weighted by molar-refractivity contribution is 5.83. The summed E-state index contributed by atoms with van der Waals surface area (Å²) in [6.07, 6.45) is 2.35. The van der Waals surface area contributed by atoms with E-state index in [4.69, 9.17) is 5.11 Å². The van der Waals surface area contributed by atoms with E-state index in [1.54, 1.807) is 0 Å². The van der Waals surface area contributed by atoms with Crippen molar-refractivity contribution in [3.63, 3.8) is 0 Å². The smallest absolute Gasteiger partial charge is 0.334 e. The lowest BCUT2D eigenvalue weighted by Crippen LogP contribution is -2.51. The number of aliphatic hydroxyl groups excluding tert-OH is 1. The minimum atomic E-state index is -1.53. The van der Waals surface area contributed by atoms with Crippen molar-refractivity contribution in [2.75, 3.05) is 26.2 Å². The van der Waals surface area contributed by atoms with Gasteiger partial charge in [0, 0.05) is 6.04 Å². The van der Waals surface area contributed by atoms with Gasteiger partial charge >= 0.3 is 5.97 Å². The minimum absolute atomic E-state index is 0.165. The molecular formula is C13H23N3O4. The average Bonchev–Trinajstić information content (AvgIpc) is 2.94. The number of carboxylic acids is 1. The molecule has 7 nitrogen and oxygen atoms in total. The van der Waals surface area contributed by atoms with Gasteiger partial charge in [-0.3, -0.25) is 9.69 Å². The van der Waals surface area contributed by atoms with Crippen molar-refractivity contribution in [3.8, 4) is 0 Å². The molecule has 2 atom stereocenters. The number of carboxylic acid groups (broad SMARTS) is 1. The van der Waals surface area contributed by atoms with Gasteiger partial charge in [0.1, 0.15) is 0 Å². The first kappa shape index (κ1) is 15.2. The van der Waals surface area contributed by atoms with E-state index in [0.717, 1.165) is 45.3 Å². The first-order valence-electron chi connectivity index (χ1n) is 7.24. The number of carbonyl (C=O) groups is 2. The number of hydrogen-bond donors (Lipinski definition) is 4. The van der Waals surface area contributed by atoms with Gasteiger partial charge in [-0.25, -0.2) is 4.79 Å². The zero-order valence-electron chi connectivity index (χ0n) is 11.5. The number of aliphatic hydroxyl groups is 1. The molecule has 0 aromatic heterocycles. The molecule has 1 amide bonds. The number of aliphatic carboxylic acids is 1. The molecule has 2 aliphatic rings. The third-order valence-corrected chi connectivity index (χ3v) is 4.13. The van der Waals surface area contributed by atoms with Crippen LogP contribution >= 0.6 is 0 Å². The Kier molecular flexibility index (Phi) is 5.33. The van der Waals surface area contributed by atoms with Gasteiger partial charge in [0.15, 0.2) is 6.10 Å². The summed E-state index contributed by atoms with van der Waals surface area (Å²) in [6, 6.07) is 0.248. The molecule has 2 rings (SSSR count). The fourth-order valence-electron chi connectivity index (χ4n) is 3.05. The Hall–Kier alpha value is -1.18. The van der Waals surface area contributed by atoms with Crippen LogP contribution in [-0.2, 0) is 9.59 Å². The quantitative estimate of drug-likeness (QED) is 0.504. The Bertz CT molecular complexity index is 358. The Morgan fingerprint density at radius 3 is 2.65 bits per heavy atom. The summed E-state index contributed by atoms with van der Waals surface area (Å²) in [6.45, 7) is 2.65. The minimum Gasteiger partial charge on any atom is -0.479 e. The summed E-state index contributed by atoms with van der Waals surface area (Å²) in [5.41, 5.74) is 0. The highest BCUT2D eigenvalue weighted by Gasteiger charge is 2.35. The first-order valence-corrected chi connectivity index (χ1v) is 7.24. The second-order valence-corrected chi connectivity index (χ2v) is 5.48. The number of rotatable bonds is 5. The molecule has 20 heavy (non-hydrogen) atoms. The summed E-state index contributed by atoms with van der Waals surface area (Å²) < 4.78 is 0. The van der Waals surface area contributed by atoms with Gasteiger partial charge in [-0.15, -0.1) is 0 Å². The molecule has 0 aromatic carbocycles. The highest BCUT2D eigenvalue weighted by Crippen LogP contribution is 2.24. The van der Waals surface area contributed by atoms with Crippen LogP contribution in [0.3, 0.4) is 0 Å². The second kappa shape index (κ2) is 7.01. The molecule has 7 heteroatoms. The maximum Gasteiger partial charge on any atom is 0.334 e. The van der Waals surface area contributed by atoms with Crippen LogP contribution < -0.4 is 10.6 Å². The molecule has 2 saturated heterocycles. The van der Waals surface area contributed by atoms with Crippen LogP contribution in [-0.4, -0.2) is 71.4 Å². The average molecular weight is 285 g/mol. The van der Waals surface area contributed by atoms with Crippen molar-refractivity contribution in [2.24, 2.45) is 0 Å². The van der Waals surface area contributed by atoms with E-state index < -0.39 is 12.1 Å². The Balaban J connectivity index is 1.86. The van der Waals surface area contributed by atoms with E-state index >= 15 is 0 Å². The summed E-state index contributed by atoms with van der Waals surface area (Å²) in [4.78, 5) is 24.9. The third kappa shape index (κ3) is 3.68. The van der Waals surface area contributed by atoms with Gasteiger partial charge in [-0.2, -0.15) is 0 Å². The predicted octanol–water partition coefficient (Wildman–Crippen LogP) is -1.24. The van der Waals surface area contributed by atoms with Gasteiger partial charge in [0.25, 0.3) is 0 Å². The van der Waals surface area contributed by atoms with E-state index in [-0.39, 0.29) is 18.5 Å². The second-order valence-electron chi connectivity index (χ2n) is 5.48. The van der Waals surface area contributed by atoms with Crippen molar-refractivity contribution in [2.45, 2.75) is 43.9 Å². The van der Waals surface area contributed by atoms with Crippen LogP contribution in [0.5, 0.6) is 0 Å². The van der Waals surface area contributed by atoms with Gasteiger partial charge in [-0.1, -0.05) is 0 Å². The summed E-state index contributed by atoms with van der Waals surface area (Å²) in [7, 11) is 0. The summed E-state index contributed by atoms with van der Waals surface area (Å²) in [5.74, 6) is -1.48. The third-order valence-electron chi connectivity index (χ3n) is 4.13. The van der Waals surface area contributed by atoms with E-state index in [2.05, 4.69) is 15.5 Å². The van der Waals surface area contributed by atoms with Crippen molar-refractivity contribution in [1.82, 2.24) is 15.5 Å². The summed E-state index contributed by atoms with van der Waals surface area (Å²) >= 11 is 0. The number of likely N-dealkylation sites (tertiary alicyclic amines) is 1. The Morgan fingerprint density at radius 2 is 2.00 bits per heavy atom. The van der Waals surface area contributed by atoms with Gasteiger partial charge < -0.3 is 20.8 Å². The normalized spacial score (nSPS) is 26.4. The lowest BCUT2D eigenvalue weighted by Gasteiger charge is -2.35. The molecule has 0 aromatic rings. The Morgan fingerprint density at radius 1 is 1.30 bits per heavy atom. The number of nitrogens with one attached hydrogen (secondary N) is 2. The highest BCUT2D eigenvalue weighted by atomic mass is 16.4. The van der Waals surface area contributed by atoms with Gasteiger partial charge in [0.2, 0.25) is 5.91 Å². The van der Waals surface area contributed by atoms with Crippen molar-refractivity contribution in [3.05, 3.63) is 0 Å². The van der Waals surface area contributed by atoms with E-state index in [0.29, 0.717) is 6.04 Å². The topological polar surface area (TPSA) is 102 Å². The molecule has 2 aliphatic heterocycles. The first-order chi connectivity index (χ1) is 9.59. The molecule has 0 spiro atoms. The lowest BCUT2D eigenvalue weighted by atomic mass is 10.0. The molecule has 0 radical (unpaired) electrons. The number of piperidine rings is 1. The molecule has 2 fully saturated rings. The fraction of sp³-hybridized carbons (Fsp3) is 0.846. The van der Waals surface area contributed by atoms with Crippen LogP contribution in [0.2, 0.25) is 0 Å². The van der Waals surface area contributed by atoms with Crippen LogP contribution in [0.25, 0.3) is 0 Å². The van der Waals surface area contributed by atoms with Crippen molar-refractivity contribution >= 4 is 11.9 Å². The molecule has 0 saturated carbocycles. The number of amides is 1. The molecular weight excluding hydrogens is 262 g/mol. The number of hydrogen-bond acceptors (Lipinski definition) is 5. The SMILES string of the molecule is O=C(NC[C@H](O)C(=O)O)C1CCCN1C1CCNCC1. The molecule has 1 unspecified atom stereocenters. The van der Waals surface area contributed by atoms with Crippen LogP contribution in [0, 0.1) is 0 Å². The zero-order chi connectivity index (χ0) is 14.5. The molecule has 114 valence electrons. The van der Waals surface area contributed by atoms with Gasteiger partial charge in [0.05, 0.1) is 12.6 Å². The number of nitrogens with zero attached hydrogens (tertiary/aromatic N) is 1. The largest absolute Gasteiger partial charge is 0.479 e. The zero-order valence-corrected chi connectivity index (χ0v) is 11.5. The lowest BCUT2D eigenvalue weighted by molar-refractivity contribution is -0.146. The molecule has 2 heterocycles. The van der Waals surface area contributed by atoms with Crippen LogP contribution in [0.15, 0.2) is 0 Å². The molecule has 0 aliphatic carbocycles. The maximum atomic E-state index is 12.2. The summed E-state index contributed by atoms with van der Waals surface area (Å²) in [5, 5.41) is 23.7. The van der Waals surface area contributed by atoms with E-state index in [9.17, 15) is 14.7 Å². The van der Waals surface area contributed by atoms with E-state index in [1.807, 2.05) is 0 Å². The van der Waals surface area contributed by atoms with Crippen molar-refractivity contribution < 1.29 is 19.8 Å². The molecule has 4 N–H and O–H groups in total. The Labute approximate surface area is 118 Å². The predicted molar refractivity (Wildman–Crippen MR) is 72.3 cm³/mol.